The van der Waals surface area contributed by atoms with Crippen molar-refractivity contribution in [3.05, 3.63) is 64.2 Å². The van der Waals surface area contributed by atoms with Crippen molar-refractivity contribution in [1.82, 2.24) is 0 Å². The Morgan fingerprint density at radius 2 is 1.50 bits per heavy atom. The lowest BCUT2D eigenvalue weighted by Crippen LogP contribution is -2.02. The fraction of sp³-hybridized carbons (Fsp3) is 0. The number of nitrogens with two attached hydrogens (primary N) is 1. The smallest absolute Gasteiger partial charge is 0.325 e. The Balaban J connectivity index is 2.71. The maximum absolute atomic E-state index is 11.2. The zero-order valence-corrected chi connectivity index (χ0v) is 13.7. The third-order valence-corrected chi connectivity index (χ3v) is 4.00. The molecule has 0 saturated heterocycles. The Hall–Kier alpha value is -3.03. The molecule has 0 aliphatic heterocycles. The Labute approximate surface area is 146 Å². The van der Waals surface area contributed by atoms with E-state index in [1.807, 2.05) is 22.6 Å². The lowest BCUT2D eigenvalue weighted by Gasteiger charge is -2.09. The predicted molar refractivity (Wildman–Crippen MR) is 90.1 cm³/mol. The van der Waals surface area contributed by atoms with Gasteiger partial charge in [-0.3, -0.25) is 30.3 Å². The van der Waals surface area contributed by atoms with Gasteiger partial charge in [-0.2, -0.15) is 0 Å². The fourth-order valence-electron chi connectivity index (χ4n) is 1.78. The van der Waals surface area contributed by atoms with Crippen LogP contribution in [0, 0.1) is 33.9 Å². The monoisotopic (exact) mass is 446 g/mol. The summed E-state index contributed by atoms with van der Waals surface area (Å²) in [5.74, 6) is -0.658. The summed E-state index contributed by atoms with van der Waals surface area (Å²) in [4.78, 5) is 30.2. The van der Waals surface area contributed by atoms with Gasteiger partial charge in [0.15, 0.2) is 0 Å². The van der Waals surface area contributed by atoms with Gasteiger partial charge in [0.05, 0.1) is 30.5 Å². The molecule has 2 aromatic carbocycles. The van der Waals surface area contributed by atoms with Gasteiger partial charge in [0, 0.05) is 5.69 Å². The SMILES string of the molecule is Nc1cccc(Oc2c([N+](=O)[O-])cc([N+](=O)[O-])cc2[N+](=O)[O-])c1I. The molecule has 0 radical (unpaired) electrons. The first kappa shape index (κ1) is 17.3. The van der Waals surface area contributed by atoms with Crippen LogP contribution >= 0.6 is 22.6 Å². The fourth-order valence-corrected chi connectivity index (χ4v) is 2.25. The lowest BCUT2D eigenvalue weighted by molar-refractivity contribution is -0.404. The van der Waals surface area contributed by atoms with Crippen LogP contribution in [0.4, 0.5) is 22.7 Å². The number of anilines is 1. The molecule has 0 amide bonds. The number of halogens is 1. The molecule has 0 spiro atoms. The molecule has 0 aromatic heterocycles. The molecule has 0 atom stereocenters. The van der Waals surface area contributed by atoms with E-state index in [0.717, 1.165) is 0 Å². The molecule has 124 valence electrons. The summed E-state index contributed by atoms with van der Waals surface area (Å²) in [6, 6.07) is 5.65. The third-order valence-electron chi connectivity index (χ3n) is 2.84. The van der Waals surface area contributed by atoms with Crippen LogP contribution in [-0.4, -0.2) is 14.8 Å². The van der Waals surface area contributed by atoms with Gasteiger partial charge in [0.1, 0.15) is 5.75 Å². The number of nitrogens with zero attached hydrogens (tertiary/aromatic N) is 3. The molecular formula is C12H7IN4O7. The van der Waals surface area contributed by atoms with E-state index < -0.39 is 37.6 Å². The van der Waals surface area contributed by atoms with Gasteiger partial charge in [0.25, 0.3) is 11.4 Å². The van der Waals surface area contributed by atoms with E-state index in [4.69, 9.17) is 10.5 Å². The number of non-ortho nitro benzene ring substituents is 1. The van der Waals surface area contributed by atoms with Gasteiger partial charge in [-0.15, -0.1) is 0 Å². The number of nitro benzene ring substituents is 3. The average Bonchev–Trinajstić information content (AvgIpc) is 2.51. The number of hydrogen-bond donors (Lipinski definition) is 1. The normalized spacial score (nSPS) is 10.2. The second kappa shape index (κ2) is 6.61. The van der Waals surface area contributed by atoms with E-state index in [2.05, 4.69) is 0 Å². The summed E-state index contributed by atoms with van der Waals surface area (Å²) in [7, 11) is 0. The highest BCUT2D eigenvalue weighted by atomic mass is 127. The zero-order valence-electron chi connectivity index (χ0n) is 11.5. The molecule has 0 aliphatic rings. The van der Waals surface area contributed by atoms with Gasteiger partial charge < -0.3 is 10.5 Å². The minimum absolute atomic E-state index is 0.0515. The summed E-state index contributed by atoms with van der Waals surface area (Å²) in [6.07, 6.45) is 0. The average molecular weight is 446 g/mol. The molecule has 0 aliphatic carbocycles. The third kappa shape index (κ3) is 3.32. The number of ether oxygens (including phenoxy) is 1. The molecule has 0 bridgehead atoms. The first-order valence-corrected chi connectivity index (χ1v) is 7.13. The molecule has 2 aromatic rings. The molecular weight excluding hydrogens is 439 g/mol. The van der Waals surface area contributed by atoms with E-state index >= 15 is 0 Å². The van der Waals surface area contributed by atoms with Crippen molar-refractivity contribution in [2.24, 2.45) is 0 Å². The number of hydrogen-bond acceptors (Lipinski definition) is 8. The number of rotatable bonds is 5. The number of nitro groups is 3. The van der Waals surface area contributed by atoms with Crippen molar-refractivity contribution in [2.75, 3.05) is 5.73 Å². The Morgan fingerprint density at radius 1 is 0.958 bits per heavy atom. The van der Waals surface area contributed by atoms with Crippen LogP contribution in [-0.2, 0) is 0 Å². The second-order valence-electron chi connectivity index (χ2n) is 4.35. The van der Waals surface area contributed by atoms with Crippen molar-refractivity contribution >= 4 is 45.3 Å². The molecule has 24 heavy (non-hydrogen) atoms. The first-order chi connectivity index (χ1) is 11.2. The maximum atomic E-state index is 11.2. The number of nitrogen functional groups attached to an aromatic ring is 1. The van der Waals surface area contributed by atoms with Crippen LogP contribution in [0.1, 0.15) is 0 Å². The van der Waals surface area contributed by atoms with E-state index in [1.165, 1.54) is 12.1 Å². The van der Waals surface area contributed by atoms with Crippen molar-refractivity contribution < 1.29 is 19.5 Å². The number of benzene rings is 2. The molecule has 12 heteroatoms. The molecule has 2 rings (SSSR count). The van der Waals surface area contributed by atoms with Gasteiger partial charge in [-0.25, -0.2) is 0 Å². The van der Waals surface area contributed by atoms with E-state index in [-0.39, 0.29) is 5.75 Å². The summed E-state index contributed by atoms with van der Waals surface area (Å²) >= 11 is 1.81. The summed E-state index contributed by atoms with van der Waals surface area (Å²) in [5, 5.41) is 33.2. The van der Waals surface area contributed by atoms with Crippen LogP contribution in [0.5, 0.6) is 11.5 Å². The van der Waals surface area contributed by atoms with Crippen molar-refractivity contribution in [3.63, 3.8) is 0 Å². The molecule has 0 saturated carbocycles. The van der Waals surface area contributed by atoms with E-state index in [1.54, 1.807) is 6.07 Å². The van der Waals surface area contributed by atoms with Crippen LogP contribution in [0.2, 0.25) is 0 Å². The second-order valence-corrected chi connectivity index (χ2v) is 5.42. The molecule has 0 unspecified atom stereocenters. The maximum Gasteiger partial charge on any atom is 0.325 e. The highest BCUT2D eigenvalue weighted by Crippen LogP contribution is 2.44. The van der Waals surface area contributed by atoms with E-state index in [0.29, 0.717) is 21.4 Å². The van der Waals surface area contributed by atoms with Crippen LogP contribution in [0.3, 0.4) is 0 Å². The standard InChI is InChI=1S/C12H7IN4O7/c13-11-7(14)2-1-3-10(11)24-12-8(16(20)21)4-6(15(18)19)5-9(12)17(22)23/h1-5H,14H2. The van der Waals surface area contributed by atoms with Gasteiger partial charge in [-0.05, 0) is 34.7 Å². The summed E-state index contributed by atoms with van der Waals surface area (Å²) in [5.41, 5.74) is 3.42. The van der Waals surface area contributed by atoms with Crippen molar-refractivity contribution in [1.29, 1.82) is 0 Å². The van der Waals surface area contributed by atoms with Gasteiger partial charge in [0.2, 0.25) is 0 Å². The van der Waals surface area contributed by atoms with Crippen LogP contribution in [0.15, 0.2) is 30.3 Å². The first-order valence-electron chi connectivity index (χ1n) is 6.05. The van der Waals surface area contributed by atoms with Crippen LogP contribution < -0.4 is 10.5 Å². The van der Waals surface area contributed by atoms with E-state index in [9.17, 15) is 30.3 Å². The van der Waals surface area contributed by atoms with Crippen molar-refractivity contribution in [2.45, 2.75) is 0 Å². The van der Waals surface area contributed by atoms with Gasteiger partial charge in [-0.1, -0.05) is 6.07 Å². The Bertz CT molecular complexity index is 835. The Kier molecular flexibility index (Phi) is 4.77. The highest BCUT2D eigenvalue weighted by Gasteiger charge is 2.33. The molecule has 11 nitrogen and oxygen atoms in total. The molecule has 0 fully saturated rings. The minimum atomic E-state index is -0.992. The van der Waals surface area contributed by atoms with Crippen molar-refractivity contribution in [3.8, 4) is 11.5 Å². The quantitative estimate of drug-likeness (QED) is 0.316. The molecule has 2 N–H and O–H groups in total. The Morgan fingerprint density at radius 3 is 1.96 bits per heavy atom. The van der Waals surface area contributed by atoms with Gasteiger partial charge >= 0.3 is 11.4 Å². The molecule has 0 heterocycles. The minimum Gasteiger partial charge on any atom is -0.443 e. The largest absolute Gasteiger partial charge is 0.443 e. The lowest BCUT2D eigenvalue weighted by atomic mass is 10.2. The predicted octanol–water partition coefficient (Wildman–Crippen LogP) is 3.39. The topological polar surface area (TPSA) is 165 Å². The zero-order chi connectivity index (χ0) is 18.0. The highest BCUT2D eigenvalue weighted by molar-refractivity contribution is 14.1. The van der Waals surface area contributed by atoms with Crippen LogP contribution in [0.25, 0.3) is 0 Å². The summed E-state index contributed by atoms with van der Waals surface area (Å²) in [6.45, 7) is 0. The summed E-state index contributed by atoms with van der Waals surface area (Å²) < 4.78 is 5.70.